The highest BCUT2D eigenvalue weighted by molar-refractivity contribution is 5.98. The van der Waals surface area contributed by atoms with Crippen LogP contribution in [0.5, 0.6) is 0 Å². The van der Waals surface area contributed by atoms with Crippen LogP contribution in [0.15, 0.2) is 34.9 Å². The van der Waals surface area contributed by atoms with Gasteiger partial charge in [0.15, 0.2) is 17.7 Å². The summed E-state index contributed by atoms with van der Waals surface area (Å²) in [5, 5.41) is 10.4. The maximum atomic E-state index is 14.7. The third-order valence-electron chi connectivity index (χ3n) is 11.0. The Morgan fingerprint density at radius 1 is 1.02 bits per heavy atom. The molecule has 3 saturated carbocycles. The number of fused-ring (bicyclic) bond motifs is 5. The number of Topliss-reactive ketones (excluding diaryl/α,β-unsaturated/α-hetero) is 1. The lowest BCUT2D eigenvalue weighted by Crippen LogP contribution is -2.69. The molecule has 8 heteroatoms. The molecular formula is C33H44O8. The van der Waals surface area contributed by atoms with Gasteiger partial charge in [-0.25, -0.2) is 4.79 Å². The van der Waals surface area contributed by atoms with Gasteiger partial charge >= 0.3 is 17.9 Å². The zero-order valence-corrected chi connectivity index (χ0v) is 25.5. The van der Waals surface area contributed by atoms with Crippen LogP contribution in [0.1, 0.15) is 87.5 Å². The van der Waals surface area contributed by atoms with Gasteiger partial charge in [0.05, 0.1) is 0 Å². The highest BCUT2D eigenvalue weighted by Crippen LogP contribution is 2.73. The van der Waals surface area contributed by atoms with Crippen LogP contribution >= 0.6 is 0 Å². The van der Waals surface area contributed by atoms with Crippen molar-refractivity contribution in [3.63, 3.8) is 0 Å². The average molecular weight is 569 g/mol. The van der Waals surface area contributed by atoms with E-state index < -0.39 is 58.2 Å². The molecule has 0 saturated heterocycles. The summed E-state index contributed by atoms with van der Waals surface area (Å²) >= 11 is 0. The number of esters is 2. The Morgan fingerprint density at radius 3 is 2.22 bits per heavy atom. The van der Waals surface area contributed by atoms with Crippen molar-refractivity contribution in [1.29, 1.82) is 0 Å². The van der Waals surface area contributed by atoms with Gasteiger partial charge in [0.2, 0.25) is 0 Å². The minimum Gasteiger partial charge on any atom is -0.478 e. The zero-order valence-electron chi connectivity index (χ0n) is 25.5. The highest BCUT2D eigenvalue weighted by atomic mass is 16.5. The zero-order chi connectivity index (χ0) is 30.7. The maximum absolute atomic E-state index is 14.7. The van der Waals surface area contributed by atoms with Gasteiger partial charge in [-0.3, -0.25) is 19.2 Å². The highest BCUT2D eigenvalue weighted by Gasteiger charge is 2.74. The monoisotopic (exact) mass is 568 g/mol. The summed E-state index contributed by atoms with van der Waals surface area (Å²) < 4.78 is 11.6. The number of ketones is 2. The van der Waals surface area contributed by atoms with E-state index in [-0.39, 0.29) is 41.8 Å². The predicted molar refractivity (Wildman–Crippen MR) is 151 cm³/mol. The summed E-state index contributed by atoms with van der Waals surface area (Å²) in [5.41, 5.74) is -0.526. The van der Waals surface area contributed by atoms with Crippen LogP contribution in [-0.2, 0) is 33.4 Å². The molecule has 0 heterocycles. The number of allylic oxidation sites excluding steroid dienone is 4. The van der Waals surface area contributed by atoms with Crippen LogP contribution in [0.2, 0.25) is 0 Å². The first kappa shape index (κ1) is 30.9. The average Bonchev–Trinajstić information content (AvgIpc) is 3.14. The molecule has 0 aromatic carbocycles. The van der Waals surface area contributed by atoms with Crippen molar-refractivity contribution in [3.05, 3.63) is 34.9 Å². The standard InChI is InChI=1S/C33H44O8/c1-17(2)10-9-11-21(30(38)39)26-22-12-13-25-31(6)15-14-23(36)18(3)27(31)28(41-20(5)35)29(37)33(25,8)32(22,7)16-24(26)40-19(4)34/h10,14-15,18,22,24-25,27-28H,9,11-13,16H2,1-8H3,(H,38,39)/b26-21+/t18?,22?,24-,25?,27?,28-,31+,32-,33+/m0/s1. The molecule has 224 valence electrons. The normalized spacial score (nSPS) is 40.6. The molecule has 4 aliphatic carbocycles. The summed E-state index contributed by atoms with van der Waals surface area (Å²) in [6.07, 6.45) is 5.95. The summed E-state index contributed by atoms with van der Waals surface area (Å²) in [7, 11) is 0. The minimum absolute atomic E-state index is 0.0931. The summed E-state index contributed by atoms with van der Waals surface area (Å²) in [5.74, 6) is -3.98. The molecule has 4 rings (SSSR count). The Kier molecular flexibility index (Phi) is 8.04. The van der Waals surface area contributed by atoms with Gasteiger partial charge in [0.1, 0.15) is 6.10 Å². The van der Waals surface area contributed by atoms with E-state index in [2.05, 4.69) is 6.92 Å². The van der Waals surface area contributed by atoms with E-state index in [1.807, 2.05) is 39.8 Å². The molecule has 0 aromatic rings. The van der Waals surface area contributed by atoms with Gasteiger partial charge in [0.25, 0.3) is 0 Å². The van der Waals surface area contributed by atoms with Gasteiger partial charge in [0, 0.05) is 36.7 Å². The fraction of sp³-hybridized carbons (Fsp3) is 0.667. The van der Waals surface area contributed by atoms with E-state index in [4.69, 9.17) is 9.47 Å². The Labute approximate surface area is 242 Å². The first-order chi connectivity index (χ1) is 19.0. The number of hydrogen-bond acceptors (Lipinski definition) is 7. The SMILES string of the molecule is CC(=O)O[C@H]1C[C@@]2(C)C(CCC3[C@@]4(C)C=CC(=O)C(C)C4[C@H](OC(C)=O)C(=O)[C@@]32C)/C1=C(/CCC=C(C)C)C(=O)O. The predicted octanol–water partition coefficient (Wildman–Crippen LogP) is 5.40. The third-order valence-corrected chi connectivity index (χ3v) is 11.0. The second-order valence-electron chi connectivity index (χ2n) is 13.5. The molecule has 8 nitrogen and oxygen atoms in total. The van der Waals surface area contributed by atoms with Crippen molar-refractivity contribution in [2.75, 3.05) is 0 Å². The van der Waals surface area contributed by atoms with Crippen molar-refractivity contribution in [1.82, 2.24) is 0 Å². The molecule has 41 heavy (non-hydrogen) atoms. The van der Waals surface area contributed by atoms with Gasteiger partial charge < -0.3 is 14.6 Å². The number of carboxylic acid groups (broad SMARTS) is 1. The summed E-state index contributed by atoms with van der Waals surface area (Å²) in [6.45, 7) is 14.3. The molecule has 0 aromatic heterocycles. The number of carbonyl (C=O) groups excluding carboxylic acids is 4. The number of ether oxygens (including phenoxy) is 2. The van der Waals surface area contributed by atoms with Crippen molar-refractivity contribution in [2.24, 2.45) is 39.9 Å². The quantitative estimate of drug-likeness (QED) is 0.257. The molecule has 0 radical (unpaired) electrons. The number of aliphatic carboxylic acids is 1. The van der Waals surface area contributed by atoms with Crippen molar-refractivity contribution in [2.45, 2.75) is 99.7 Å². The number of carboxylic acids is 1. The van der Waals surface area contributed by atoms with Gasteiger partial charge in [-0.15, -0.1) is 0 Å². The fourth-order valence-corrected chi connectivity index (χ4v) is 9.19. The van der Waals surface area contributed by atoms with Crippen molar-refractivity contribution < 1.29 is 38.6 Å². The molecule has 0 spiro atoms. The van der Waals surface area contributed by atoms with Crippen LogP contribution in [0.25, 0.3) is 0 Å². The summed E-state index contributed by atoms with van der Waals surface area (Å²) in [6, 6.07) is 0. The van der Waals surface area contributed by atoms with Crippen LogP contribution in [0.3, 0.4) is 0 Å². The van der Waals surface area contributed by atoms with Crippen LogP contribution < -0.4 is 0 Å². The smallest absolute Gasteiger partial charge is 0.331 e. The van der Waals surface area contributed by atoms with Crippen molar-refractivity contribution >= 4 is 29.5 Å². The Morgan fingerprint density at radius 2 is 1.66 bits per heavy atom. The molecular weight excluding hydrogens is 524 g/mol. The maximum Gasteiger partial charge on any atom is 0.331 e. The molecule has 0 amide bonds. The first-order valence-electron chi connectivity index (χ1n) is 14.7. The minimum atomic E-state index is -1.12. The molecule has 4 unspecified atom stereocenters. The molecule has 9 atom stereocenters. The van der Waals surface area contributed by atoms with E-state index in [9.17, 15) is 29.1 Å². The van der Waals surface area contributed by atoms with Crippen LogP contribution in [0.4, 0.5) is 0 Å². The number of hydrogen-bond donors (Lipinski definition) is 1. The van der Waals surface area contributed by atoms with E-state index in [0.29, 0.717) is 24.8 Å². The molecule has 0 bridgehead atoms. The second-order valence-corrected chi connectivity index (χ2v) is 13.5. The summed E-state index contributed by atoms with van der Waals surface area (Å²) in [4.78, 5) is 64.9. The largest absolute Gasteiger partial charge is 0.478 e. The number of rotatable bonds is 6. The fourth-order valence-electron chi connectivity index (χ4n) is 9.19. The van der Waals surface area contributed by atoms with Crippen molar-refractivity contribution in [3.8, 4) is 0 Å². The van der Waals surface area contributed by atoms with E-state index >= 15 is 0 Å². The van der Waals surface area contributed by atoms with Gasteiger partial charge in [-0.05, 0) is 80.3 Å². The molecule has 0 aliphatic heterocycles. The van der Waals surface area contributed by atoms with Crippen LogP contribution in [-0.4, -0.2) is 46.8 Å². The lowest BCUT2D eigenvalue weighted by atomic mass is 9.37. The Bertz CT molecular complexity index is 1270. The van der Waals surface area contributed by atoms with Gasteiger partial charge in [-0.2, -0.15) is 0 Å². The topological polar surface area (TPSA) is 124 Å². The van der Waals surface area contributed by atoms with E-state index in [0.717, 1.165) is 5.57 Å². The Balaban J connectivity index is 1.93. The van der Waals surface area contributed by atoms with Gasteiger partial charge in [-0.1, -0.05) is 45.4 Å². The number of carbonyl (C=O) groups is 5. The molecule has 4 aliphatic rings. The van der Waals surface area contributed by atoms with E-state index in [1.165, 1.54) is 13.8 Å². The van der Waals surface area contributed by atoms with E-state index in [1.54, 1.807) is 13.0 Å². The molecule has 1 N–H and O–H groups in total. The van der Waals surface area contributed by atoms with Crippen LogP contribution in [0, 0.1) is 39.9 Å². The molecule has 3 fully saturated rings. The second kappa shape index (κ2) is 10.7. The Hall–Kier alpha value is -3.03. The first-order valence-corrected chi connectivity index (χ1v) is 14.7. The lowest BCUT2D eigenvalue weighted by Gasteiger charge is -2.66. The lowest BCUT2D eigenvalue weighted by molar-refractivity contribution is -0.207. The third kappa shape index (κ3) is 4.71.